The summed E-state index contributed by atoms with van der Waals surface area (Å²) < 4.78 is 0. The third-order valence-electron chi connectivity index (χ3n) is 1.94. The van der Waals surface area contributed by atoms with Gasteiger partial charge in [0.15, 0.2) is 5.69 Å². The topological polar surface area (TPSA) is 50.2 Å². The molecule has 0 atom stereocenters. The minimum Gasteiger partial charge on any atom is -0.476 e. The maximum atomic E-state index is 10.8. The summed E-state index contributed by atoms with van der Waals surface area (Å²) in [5, 5.41) is 10.6. The Morgan fingerprint density at radius 1 is 1.36 bits per heavy atom. The van der Waals surface area contributed by atoms with Crippen LogP contribution in [-0.4, -0.2) is 16.1 Å². The number of rotatable bonds is 1. The van der Waals surface area contributed by atoms with Crippen molar-refractivity contribution in [1.29, 1.82) is 0 Å². The normalized spacial score (nSPS) is 10.4. The highest BCUT2D eigenvalue weighted by Gasteiger charge is 2.11. The van der Waals surface area contributed by atoms with Crippen LogP contribution in [0.5, 0.6) is 0 Å². The van der Waals surface area contributed by atoms with Crippen LogP contribution in [0, 0.1) is 0 Å². The van der Waals surface area contributed by atoms with E-state index < -0.39 is 5.97 Å². The molecule has 70 valence electrons. The van der Waals surface area contributed by atoms with Crippen molar-refractivity contribution in [2.45, 2.75) is 0 Å². The van der Waals surface area contributed by atoms with Crippen LogP contribution in [0.2, 0.25) is 5.02 Å². The fourth-order valence-corrected chi connectivity index (χ4v) is 1.62. The first-order valence-electron chi connectivity index (χ1n) is 3.96. The number of pyridine rings is 1. The Labute approximate surface area is 85.0 Å². The lowest BCUT2D eigenvalue weighted by molar-refractivity contribution is 0.0693. The zero-order chi connectivity index (χ0) is 10.1. The minimum absolute atomic E-state index is 0.00639. The molecule has 4 heteroatoms. The molecule has 2 aromatic rings. The van der Waals surface area contributed by atoms with E-state index >= 15 is 0 Å². The second-order valence-corrected chi connectivity index (χ2v) is 3.21. The minimum atomic E-state index is -1.07. The molecule has 2 rings (SSSR count). The van der Waals surface area contributed by atoms with Crippen LogP contribution in [0.4, 0.5) is 0 Å². The molecule has 0 amide bonds. The van der Waals surface area contributed by atoms with E-state index in [-0.39, 0.29) is 5.69 Å². The average molecular weight is 208 g/mol. The van der Waals surface area contributed by atoms with E-state index in [0.717, 1.165) is 5.39 Å². The molecule has 0 radical (unpaired) electrons. The Bertz CT molecular complexity index is 505. The number of halogens is 1. The van der Waals surface area contributed by atoms with Gasteiger partial charge in [-0.2, -0.15) is 0 Å². The monoisotopic (exact) mass is 207 g/mol. The van der Waals surface area contributed by atoms with Crippen LogP contribution >= 0.6 is 11.6 Å². The van der Waals surface area contributed by atoms with E-state index in [9.17, 15) is 4.79 Å². The first kappa shape index (κ1) is 8.97. The first-order chi connectivity index (χ1) is 6.70. The van der Waals surface area contributed by atoms with Gasteiger partial charge >= 0.3 is 5.97 Å². The summed E-state index contributed by atoms with van der Waals surface area (Å²) in [7, 11) is 0. The van der Waals surface area contributed by atoms with Gasteiger partial charge in [0, 0.05) is 11.6 Å². The van der Waals surface area contributed by atoms with E-state index in [1.54, 1.807) is 24.3 Å². The van der Waals surface area contributed by atoms with Crippen LogP contribution in [0.1, 0.15) is 10.5 Å². The highest BCUT2D eigenvalue weighted by atomic mass is 35.5. The van der Waals surface area contributed by atoms with Crippen molar-refractivity contribution in [3.8, 4) is 0 Å². The fourth-order valence-electron chi connectivity index (χ4n) is 1.35. The number of carboxylic acids is 1. The number of hydrogen-bond acceptors (Lipinski definition) is 2. The third kappa shape index (κ3) is 1.32. The Morgan fingerprint density at radius 3 is 2.86 bits per heavy atom. The van der Waals surface area contributed by atoms with Crippen LogP contribution in [0.3, 0.4) is 0 Å². The Kier molecular flexibility index (Phi) is 2.09. The molecule has 0 saturated carbocycles. The Morgan fingerprint density at radius 2 is 2.14 bits per heavy atom. The molecular formula is C10H6ClNO2. The molecular weight excluding hydrogens is 202 g/mol. The molecule has 1 N–H and O–H groups in total. The summed E-state index contributed by atoms with van der Waals surface area (Å²) in [5.74, 6) is -1.07. The molecule has 1 heterocycles. The average Bonchev–Trinajstić information content (AvgIpc) is 2.17. The number of carbonyl (C=O) groups is 1. The highest BCUT2D eigenvalue weighted by molar-refractivity contribution is 6.36. The standard InChI is InChI=1S/C10H6ClNO2/c11-7-3-1-2-6-4-5-12-9(8(6)7)10(13)14/h1-5H,(H,13,14). The van der Waals surface area contributed by atoms with Gasteiger partial charge in [-0.15, -0.1) is 0 Å². The van der Waals surface area contributed by atoms with Gasteiger partial charge in [-0.05, 0) is 17.5 Å². The van der Waals surface area contributed by atoms with Crippen molar-refractivity contribution in [3.63, 3.8) is 0 Å². The first-order valence-corrected chi connectivity index (χ1v) is 4.34. The van der Waals surface area contributed by atoms with Crippen molar-refractivity contribution in [2.24, 2.45) is 0 Å². The fraction of sp³-hybridized carbons (Fsp3) is 0. The van der Waals surface area contributed by atoms with Crippen molar-refractivity contribution in [3.05, 3.63) is 41.2 Å². The molecule has 0 aliphatic rings. The van der Waals surface area contributed by atoms with Crippen molar-refractivity contribution in [2.75, 3.05) is 0 Å². The second kappa shape index (κ2) is 3.27. The maximum Gasteiger partial charge on any atom is 0.355 e. The molecule has 0 aliphatic heterocycles. The third-order valence-corrected chi connectivity index (χ3v) is 2.26. The van der Waals surface area contributed by atoms with Gasteiger partial charge in [0.2, 0.25) is 0 Å². The van der Waals surface area contributed by atoms with E-state index in [1.807, 2.05) is 0 Å². The highest BCUT2D eigenvalue weighted by Crippen LogP contribution is 2.25. The number of aromatic carboxylic acids is 1. The van der Waals surface area contributed by atoms with Crippen LogP contribution in [0.15, 0.2) is 30.5 Å². The van der Waals surface area contributed by atoms with Gasteiger partial charge in [-0.1, -0.05) is 23.7 Å². The number of fused-ring (bicyclic) bond motifs is 1. The van der Waals surface area contributed by atoms with Gasteiger partial charge in [-0.25, -0.2) is 9.78 Å². The van der Waals surface area contributed by atoms with E-state index in [4.69, 9.17) is 16.7 Å². The van der Waals surface area contributed by atoms with E-state index in [1.165, 1.54) is 6.20 Å². The zero-order valence-electron chi connectivity index (χ0n) is 7.07. The number of hydrogen-bond donors (Lipinski definition) is 1. The largest absolute Gasteiger partial charge is 0.476 e. The number of carboxylic acid groups (broad SMARTS) is 1. The zero-order valence-corrected chi connectivity index (χ0v) is 7.82. The van der Waals surface area contributed by atoms with Crippen LogP contribution in [0.25, 0.3) is 10.8 Å². The lowest BCUT2D eigenvalue weighted by Crippen LogP contribution is -2.00. The van der Waals surface area contributed by atoms with Gasteiger partial charge in [0.05, 0.1) is 5.02 Å². The van der Waals surface area contributed by atoms with Crippen LogP contribution < -0.4 is 0 Å². The van der Waals surface area contributed by atoms with E-state index in [2.05, 4.69) is 4.98 Å². The molecule has 0 unspecified atom stereocenters. The summed E-state index contributed by atoms with van der Waals surface area (Å²) in [6.45, 7) is 0. The quantitative estimate of drug-likeness (QED) is 0.782. The smallest absolute Gasteiger partial charge is 0.355 e. The number of benzene rings is 1. The van der Waals surface area contributed by atoms with Gasteiger partial charge in [0.1, 0.15) is 0 Å². The summed E-state index contributed by atoms with van der Waals surface area (Å²) in [6, 6.07) is 6.96. The summed E-state index contributed by atoms with van der Waals surface area (Å²) in [4.78, 5) is 14.6. The van der Waals surface area contributed by atoms with Crippen molar-refractivity contribution >= 4 is 28.3 Å². The van der Waals surface area contributed by atoms with E-state index in [0.29, 0.717) is 10.4 Å². The Hall–Kier alpha value is -1.61. The predicted molar refractivity (Wildman–Crippen MR) is 53.7 cm³/mol. The number of nitrogens with zero attached hydrogens (tertiary/aromatic N) is 1. The molecule has 14 heavy (non-hydrogen) atoms. The molecule has 0 aliphatic carbocycles. The van der Waals surface area contributed by atoms with Gasteiger partial charge in [0.25, 0.3) is 0 Å². The summed E-state index contributed by atoms with van der Waals surface area (Å²) >= 11 is 5.90. The molecule has 0 spiro atoms. The van der Waals surface area contributed by atoms with Gasteiger partial charge in [-0.3, -0.25) is 0 Å². The second-order valence-electron chi connectivity index (χ2n) is 2.80. The SMILES string of the molecule is O=C(O)c1nccc2cccc(Cl)c12. The lowest BCUT2D eigenvalue weighted by atomic mass is 10.1. The molecule has 3 nitrogen and oxygen atoms in total. The van der Waals surface area contributed by atoms with Crippen molar-refractivity contribution in [1.82, 2.24) is 4.98 Å². The number of aromatic nitrogens is 1. The summed E-state index contributed by atoms with van der Waals surface area (Å²) in [6.07, 6.45) is 1.46. The molecule has 1 aromatic carbocycles. The van der Waals surface area contributed by atoms with Crippen LogP contribution in [-0.2, 0) is 0 Å². The van der Waals surface area contributed by atoms with Crippen molar-refractivity contribution < 1.29 is 9.90 Å². The molecule has 0 fully saturated rings. The van der Waals surface area contributed by atoms with Gasteiger partial charge < -0.3 is 5.11 Å². The lowest BCUT2D eigenvalue weighted by Gasteiger charge is -2.02. The maximum absolute atomic E-state index is 10.8. The predicted octanol–water partition coefficient (Wildman–Crippen LogP) is 2.59. The molecule has 0 bridgehead atoms. The molecule has 0 saturated heterocycles. The molecule has 1 aromatic heterocycles. The summed E-state index contributed by atoms with van der Waals surface area (Å²) in [5.41, 5.74) is -0.00639. The Balaban J connectivity index is 2.91.